The SMILES string of the molecule is CCCN(CCC)C(=O)CN1C(=O)CNc2cc(OC)ccc21. The molecule has 0 aliphatic carbocycles. The van der Waals surface area contributed by atoms with E-state index in [2.05, 4.69) is 5.32 Å². The first-order chi connectivity index (χ1) is 11.1. The number of hydrogen-bond acceptors (Lipinski definition) is 4. The van der Waals surface area contributed by atoms with E-state index in [0.29, 0.717) is 0 Å². The molecule has 0 aromatic heterocycles. The first-order valence-corrected chi connectivity index (χ1v) is 8.10. The fourth-order valence-electron chi connectivity index (χ4n) is 2.73. The molecule has 2 rings (SSSR count). The zero-order chi connectivity index (χ0) is 16.8. The van der Waals surface area contributed by atoms with Crippen molar-refractivity contribution in [2.75, 3.05) is 43.5 Å². The number of carbonyl (C=O) groups excluding carboxylic acids is 2. The summed E-state index contributed by atoms with van der Waals surface area (Å²) >= 11 is 0. The van der Waals surface area contributed by atoms with E-state index in [4.69, 9.17) is 4.74 Å². The van der Waals surface area contributed by atoms with Crippen LogP contribution in [-0.2, 0) is 9.59 Å². The summed E-state index contributed by atoms with van der Waals surface area (Å²) in [5, 5.41) is 3.07. The number of fused-ring (bicyclic) bond motifs is 1. The van der Waals surface area contributed by atoms with E-state index >= 15 is 0 Å². The molecule has 1 aromatic rings. The van der Waals surface area contributed by atoms with Crippen LogP contribution in [0, 0.1) is 0 Å². The van der Waals surface area contributed by atoms with Crippen molar-refractivity contribution >= 4 is 23.2 Å². The van der Waals surface area contributed by atoms with Crippen molar-refractivity contribution in [2.45, 2.75) is 26.7 Å². The molecule has 0 saturated heterocycles. The van der Waals surface area contributed by atoms with Gasteiger partial charge in [-0.2, -0.15) is 0 Å². The van der Waals surface area contributed by atoms with Crippen LogP contribution in [0.4, 0.5) is 11.4 Å². The van der Waals surface area contributed by atoms with E-state index in [1.54, 1.807) is 18.1 Å². The molecule has 1 aliphatic rings. The van der Waals surface area contributed by atoms with Gasteiger partial charge in [0.25, 0.3) is 0 Å². The van der Waals surface area contributed by atoms with Crippen LogP contribution in [0.3, 0.4) is 0 Å². The van der Waals surface area contributed by atoms with Crippen LogP contribution in [0.15, 0.2) is 18.2 Å². The summed E-state index contributed by atoms with van der Waals surface area (Å²) in [4.78, 5) is 28.2. The third-order valence-corrected chi connectivity index (χ3v) is 3.86. The average Bonchev–Trinajstić information content (AvgIpc) is 2.56. The van der Waals surface area contributed by atoms with Gasteiger partial charge >= 0.3 is 0 Å². The molecule has 1 aromatic carbocycles. The molecule has 0 fully saturated rings. The number of anilines is 2. The van der Waals surface area contributed by atoms with E-state index in [-0.39, 0.29) is 24.9 Å². The maximum absolute atomic E-state index is 12.6. The fourth-order valence-corrected chi connectivity index (χ4v) is 2.73. The largest absolute Gasteiger partial charge is 0.497 e. The highest BCUT2D eigenvalue weighted by atomic mass is 16.5. The smallest absolute Gasteiger partial charge is 0.246 e. The van der Waals surface area contributed by atoms with Crippen LogP contribution in [0.1, 0.15) is 26.7 Å². The summed E-state index contributed by atoms with van der Waals surface area (Å²) < 4.78 is 5.21. The summed E-state index contributed by atoms with van der Waals surface area (Å²) in [6.45, 7) is 5.82. The first kappa shape index (κ1) is 17.1. The van der Waals surface area contributed by atoms with Crippen LogP contribution in [0.5, 0.6) is 5.75 Å². The number of rotatable bonds is 7. The van der Waals surface area contributed by atoms with Gasteiger partial charge in [-0.25, -0.2) is 0 Å². The number of nitrogens with one attached hydrogen (secondary N) is 1. The lowest BCUT2D eigenvalue weighted by atomic mass is 10.1. The van der Waals surface area contributed by atoms with Crippen molar-refractivity contribution < 1.29 is 14.3 Å². The molecule has 0 radical (unpaired) electrons. The Kier molecular flexibility index (Phi) is 5.84. The van der Waals surface area contributed by atoms with Crippen molar-refractivity contribution in [2.24, 2.45) is 0 Å². The number of carbonyl (C=O) groups is 2. The summed E-state index contributed by atoms with van der Waals surface area (Å²) in [5.74, 6) is 0.616. The summed E-state index contributed by atoms with van der Waals surface area (Å²) in [6, 6.07) is 5.46. The highest BCUT2D eigenvalue weighted by Gasteiger charge is 2.27. The minimum atomic E-state index is -0.0936. The minimum Gasteiger partial charge on any atom is -0.497 e. The molecule has 1 heterocycles. The van der Waals surface area contributed by atoms with Gasteiger partial charge in [-0.05, 0) is 25.0 Å². The predicted molar refractivity (Wildman–Crippen MR) is 91.0 cm³/mol. The van der Waals surface area contributed by atoms with E-state index in [0.717, 1.165) is 43.1 Å². The molecule has 6 heteroatoms. The first-order valence-electron chi connectivity index (χ1n) is 8.10. The third kappa shape index (κ3) is 3.94. The predicted octanol–water partition coefficient (Wildman–Crippen LogP) is 2.10. The standard InChI is InChI=1S/C17H25N3O3/c1-4-8-19(9-5-2)17(22)12-20-15-7-6-13(23-3)10-14(15)18-11-16(20)21/h6-7,10,18H,4-5,8-9,11-12H2,1-3H3. The van der Waals surface area contributed by atoms with Crippen LogP contribution in [0.25, 0.3) is 0 Å². The molecule has 0 spiro atoms. The van der Waals surface area contributed by atoms with Crippen molar-refractivity contribution in [1.29, 1.82) is 0 Å². The molecule has 0 unspecified atom stereocenters. The second-order valence-corrected chi connectivity index (χ2v) is 5.60. The van der Waals surface area contributed by atoms with E-state index in [9.17, 15) is 9.59 Å². The van der Waals surface area contributed by atoms with Gasteiger partial charge < -0.3 is 15.0 Å². The third-order valence-electron chi connectivity index (χ3n) is 3.86. The van der Waals surface area contributed by atoms with Gasteiger partial charge in [0.2, 0.25) is 11.8 Å². The lowest BCUT2D eigenvalue weighted by molar-refractivity contribution is -0.131. The van der Waals surface area contributed by atoms with Crippen molar-refractivity contribution in [3.05, 3.63) is 18.2 Å². The van der Waals surface area contributed by atoms with Crippen molar-refractivity contribution in [3.8, 4) is 5.75 Å². The van der Waals surface area contributed by atoms with Gasteiger partial charge in [-0.3, -0.25) is 14.5 Å². The molecule has 1 aliphatic heterocycles. The summed E-state index contributed by atoms with van der Waals surface area (Å²) in [5.41, 5.74) is 1.54. The zero-order valence-electron chi connectivity index (χ0n) is 14.1. The monoisotopic (exact) mass is 319 g/mol. The van der Waals surface area contributed by atoms with Crippen molar-refractivity contribution in [3.63, 3.8) is 0 Å². The fraction of sp³-hybridized carbons (Fsp3) is 0.529. The zero-order valence-corrected chi connectivity index (χ0v) is 14.1. The number of ether oxygens (including phenoxy) is 1. The molecular formula is C17H25N3O3. The quantitative estimate of drug-likeness (QED) is 0.836. The Bertz CT molecular complexity index is 568. The summed E-state index contributed by atoms with van der Waals surface area (Å²) in [6.07, 6.45) is 1.82. The second kappa shape index (κ2) is 7.85. The van der Waals surface area contributed by atoms with Crippen LogP contribution in [-0.4, -0.2) is 50.0 Å². The lowest BCUT2D eigenvalue weighted by Gasteiger charge is -2.32. The molecule has 23 heavy (non-hydrogen) atoms. The topological polar surface area (TPSA) is 61.9 Å². The summed E-state index contributed by atoms with van der Waals surface area (Å²) in [7, 11) is 1.60. The van der Waals surface area contributed by atoms with Gasteiger partial charge in [0.05, 0.1) is 25.0 Å². The van der Waals surface area contributed by atoms with Gasteiger partial charge in [-0.1, -0.05) is 13.8 Å². The highest BCUT2D eigenvalue weighted by Crippen LogP contribution is 2.32. The normalized spacial score (nSPS) is 13.3. The maximum Gasteiger partial charge on any atom is 0.246 e. The molecular weight excluding hydrogens is 294 g/mol. The Morgan fingerprint density at radius 2 is 2.00 bits per heavy atom. The van der Waals surface area contributed by atoms with Crippen LogP contribution < -0.4 is 15.0 Å². The molecule has 2 amide bonds. The van der Waals surface area contributed by atoms with E-state index in [1.807, 2.05) is 30.9 Å². The van der Waals surface area contributed by atoms with Crippen LogP contribution >= 0.6 is 0 Å². The number of methoxy groups -OCH3 is 1. The van der Waals surface area contributed by atoms with E-state index < -0.39 is 0 Å². The molecule has 0 atom stereocenters. The number of nitrogens with zero attached hydrogens (tertiary/aromatic N) is 2. The van der Waals surface area contributed by atoms with Crippen LogP contribution in [0.2, 0.25) is 0 Å². The lowest BCUT2D eigenvalue weighted by Crippen LogP contribution is -2.47. The maximum atomic E-state index is 12.6. The Morgan fingerprint density at radius 3 is 2.61 bits per heavy atom. The highest BCUT2D eigenvalue weighted by molar-refractivity contribution is 6.06. The number of hydrogen-bond donors (Lipinski definition) is 1. The Morgan fingerprint density at radius 1 is 1.30 bits per heavy atom. The molecule has 6 nitrogen and oxygen atoms in total. The second-order valence-electron chi connectivity index (χ2n) is 5.60. The number of benzene rings is 1. The van der Waals surface area contributed by atoms with Gasteiger partial charge in [0.1, 0.15) is 12.3 Å². The van der Waals surface area contributed by atoms with Gasteiger partial charge in [-0.15, -0.1) is 0 Å². The molecule has 0 bridgehead atoms. The minimum absolute atomic E-state index is 0.00859. The van der Waals surface area contributed by atoms with Crippen molar-refractivity contribution in [1.82, 2.24) is 4.90 Å². The molecule has 126 valence electrons. The number of amides is 2. The Balaban J connectivity index is 2.19. The molecule has 1 N–H and O–H groups in total. The van der Waals surface area contributed by atoms with Gasteiger partial charge in [0, 0.05) is 19.2 Å². The van der Waals surface area contributed by atoms with Gasteiger partial charge in [0.15, 0.2) is 0 Å². The van der Waals surface area contributed by atoms with E-state index in [1.165, 1.54) is 0 Å². The average molecular weight is 319 g/mol. The molecule has 0 saturated carbocycles. The Labute approximate surface area is 137 Å². The Hall–Kier alpha value is -2.24.